The largest absolute Gasteiger partial charge is 0.497 e. The van der Waals surface area contributed by atoms with Gasteiger partial charge in [-0.15, -0.1) is 0 Å². The van der Waals surface area contributed by atoms with Crippen molar-refractivity contribution in [2.45, 2.75) is 11.8 Å². The number of nitrogens with one attached hydrogen (secondary N) is 1. The molecule has 0 amide bonds. The van der Waals surface area contributed by atoms with Crippen molar-refractivity contribution in [3.63, 3.8) is 0 Å². The lowest BCUT2D eigenvalue weighted by atomic mass is 10.1. The van der Waals surface area contributed by atoms with Crippen molar-refractivity contribution in [2.75, 3.05) is 7.11 Å². The van der Waals surface area contributed by atoms with Crippen LogP contribution in [0.1, 0.15) is 12.5 Å². The van der Waals surface area contributed by atoms with Crippen LogP contribution in [0.2, 0.25) is 0 Å². The highest BCUT2D eigenvalue weighted by Crippen LogP contribution is 2.15. The lowest BCUT2D eigenvalue weighted by Crippen LogP contribution is -2.19. The van der Waals surface area contributed by atoms with Gasteiger partial charge in [-0.05, 0) is 61.0 Å². The minimum absolute atomic E-state index is 0.155. The summed E-state index contributed by atoms with van der Waals surface area (Å²) in [6, 6.07) is 13.5. The average Bonchev–Trinajstić information content (AvgIpc) is 2.53. The van der Waals surface area contributed by atoms with E-state index in [9.17, 15) is 8.42 Å². The molecule has 0 aliphatic carbocycles. The van der Waals surface area contributed by atoms with Gasteiger partial charge in [0.2, 0.25) is 0 Å². The van der Waals surface area contributed by atoms with E-state index in [1.807, 2.05) is 12.1 Å². The fourth-order valence-electron chi connectivity index (χ4n) is 1.69. The molecule has 0 spiro atoms. The fraction of sp³-hybridized carbons (Fsp3) is 0.133. The Balaban J connectivity index is 2.16. The summed E-state index contributed by atoms with van der Waals surface area (Å²) < 4.78 is 30.1. The average molecular weight is 383 g/mol. The third-order valence-electron chi connectivity index (χ3n) is 2.97. The first-order valence-electron chi connectivity index (χ1n) is 6.38. The first-order chi connectivity index (χ1) is 10.4. The summed E-state index contributed by atoms with van der Waals surface area (Å²) in [4.78, 5) is 2.39. The minimum atomic E-state index is -3.68. The lowest BCUT2D eigenvalue weighted by Gasteiger charge is -2.06. The molecule has 0 fully saturated rings. The predicted octanol–water partition coefficient (Wildman–Crippen LogP) is 3.16. The number of benzene rings is 2. The normalized spacial score (nSPS) is 12.0. The number of ether oxygens (including phenoxy) is 1. The Morgan fingerprint density at radius 2 is 1.68 bits per heavy atom. The predicted molar refractivity (Wildman–Crippen MR) is 89.7 cm³/mol. The summed E-state index contributed by atoms with van der Waals surface area (Å²) in [5.41, 5.74) is 1.36. The molecule has 22 heavy (non-hydrogen) atoms. The van der Waals surface area contributed by atoms with Crippen molar-refractivity contribution < 1.29 is 13.2 Å². The second-order valence-electron chi connectivity index (χ2n) is 4.47. The molecule has 7 heteroatoms. The number of rotatable bonds is 5. The maximum absolute atomic E-state index is 12.1. The van der Waals surface area contributed by atoms with Crippen LogP contribution in [0.15, 0.2) is 63.0 Å². The third-order valence-corrected chi connectivity index (χ3v) is 4.72. The number of hydrogen-bond acceptors (Lipinski definition) is 4. The van der Waals surface area contributed by atoms with Crippen molar-refractivity contribution in [2.24, 2.45) is 5.10 Å². The highest BCUT2D eigenvalue weighted by atomic mass is 79.9. The highest BCUT2D eigenvalue weighted by Gasteiger charge is 2.12. The molecule has 5 nitrogen and oxygen atoms in total. The number of nitrogens with zero attached hydrogens (tertiary/aromatic N) is 1. The second kappa shape index (κ2) is 6.93. The Hall–Kier alpha value is -1.86. The van der Waals surface area contributed by atoms with Gasteiger partial charge in [0.1, 0.15) is 5.75 Å². The Labute approximate surface area is 138 Å². The summed E-state index contributed by atoms with van der Waals surface area (Å²) >= 11 is 3.26. The van der Waals surface area contributed by atoms with Gasteiger partial charge in [0.05, 0.1) is 17.7 Å². The molecule has 0 heterocycles. The van der Waals surface area contributed by atoms with Crippen LogP contribution in [-0.4, -0.2) is 21.2 Å². The first-order valence-corrected chi connectivity index (χ1v) is 8.66. The number of methoxy groups -OCH3 is 1. The zero-order chi connectivity index (χ0) is 16.2. The standard InChI is InChI=1S/C15H15BrN2O3S/c1-11(12-3-7-14(21-2)8-4-12)17-18-22(19,20)15-9-5-13(16)6-10-15/h3-10,18H,1-2H3. The molecular formula is C15H15BrN2O3S. The molecular weight excluding hydrogens is 368 g/mol. The Morgan fingerprint density at radius 3 is 2.23 bits per heavy atom. The van der Waals surface area contributed by atoms with Gasteiger partial charge in [0.25, 0.3) is 10.0 Å². The van der Waals surface area contributed by atoms with E-state index >= 15 is 0 Å². The molecule has 0 saturated heterocycles. The van der Waals surface area contributed by atoms with Crippen LogP contribution in [0, 0.1) is 0 Å². The van der Waals surface area contributed by atoms with Gasteiger partial charge in [0, 0.05) is 4.47 Å². The van der Waals surface area contributed by atoms with Gasteiger partial charge in [-0.2, -0.15) is 18.4 Å². The quantitative estimate of drug-likeness (QED) is 0.637. The molecule has 2 rings (SSSR count). The van der Waals surface area contributed by atoms with Gasteiger partial charge in [-0.25, -0.2) is 0 Å². The molecule has 2 aromatic rings. The van der Waals surface area contributed by atoms with Gasteiger partial charge in [-0.3, -0.25) is 0 Å². The van der Waals surface area contributed by atoms with Crippen LogP contribution in [0.25, 0.3) is 0 Å². The molecule has 0 radical (unpaired) electrons. The first kappa shape index (κ1) is 16.5. The third kappa shape index (κ3) is 4.08. The smallest absolute Gasteiger partial charge is 0.276 e. The van der Waals surface area contributed by atoms with Gasteiger partial charge in [0.15, 0.2) is 0 Å². The Bertz CT molecular complexity index is 769. The van der Waals surface area contributed by atoms with Crippen LogP contribution in [0.4, 0.5) is 0 Å². The van der Waals surface area contributed by atoms with E-state index in [1.54, 1.807) is 38.3 Å². The van der Waals surface area contributed by atoms with Gasteiger partial charge < -0.3 is 4.74 Å². The number of hydrogen-bond donors (Lipinski definition) is 1. The van der Waals surface area contributed by atoms with E-state index in [0.29, 0.717) is 5.71 Å². The van der Waals surface area contributed by atoms with Crippen LogP contribution in [-0.2, 0) is 10.0 Å². The molecule has 0 unspecified atom stereocenters. The van der Waals surface area contributed by atoms with Crippen molar-refractivity contribution in [3.8, 4) is 5.75 Å². The fourth-order valence-corrected chi connectivity index (χ4v) is 2.81. The lowest BCUT2D eigenvalue weighted by molar-refractivity contribution is 0.415. The van der Waals surface area contributed by atoms with E-state index < -0.39 is 10.0 Å². The molecule has 0 atom stereocenters. The summed E-state index contributed by atoms with van der Waals surface area (Å²) in [6.07, 6.45) is 0. The van der Waals surface area contributed by atoms with Crippen molar-refractivity contribution >= 4 is 31.7 Å². The molecule has 0 saturated carbocycles. The molecule has 2 aromatic carbocycles. The summed E-state index contributed by atoms with van der Waals surface area (Å²) in [5, 5.41) is 3.95. The zero-order valence-corrected chi connectivity index (χ0v) is 14.5. The molecule has 0 bridgehead atoms. The summed E-state index contributed by atoms with van der Waals surface area (Å²) in [6.45, 7) is 1.73. The van der Waals surface area contributed by atoms with E-state index in [2.05, 4.69) is 25.9 Å². The number of halogens is 1. The maximum Gasteiger partial charge on any atom is 0.276 e. The van der Waals surface area contributed by atoms with Crippen molar-refractivity contribution in [1.82, 2.24) is 4.83 Å². The van der Waals surface area contributed by atoms with Crippen LogP contribution >= 0.6 is 15.9 Å². The second-order valence-corrected chi connectivity index (χ2v) is 7.05. The minimum Gasteiger partial charge on any atom is -0.497 e. The highest BCUT2D eigenvalue weighted by molar-refractivity contribution is 9.10. The van der Waals surface area contributed by atoms with Gasteiger partial charge in [-0.1, -0.05) is 15.9 Å². The summed E-state index contributed by atoms with van der Waals surface area (Å²) in [5.74, 6) is 0.729. The molecule has 0 aliphatic rings. The van der Waals surface area contributed by atoms with Crippen molar-refractivity contribution in [1.29, 1.82) is 0 Å². The Kier molecular flexibility index (Phi) is 5.20. The van der Waals surface area contributed by atoms with E-state index in [1.165, 1.54) is 12.1 Å². The van der Waals surface area contributed by atoms with E-state index in [-0.39, 0.29) is 4.90 Å². The number of hydrazone groups is 1. The monoisotopic (exact) mass is 382 g/mol. The number of sulfonamides is 1. The Morgan fingerprint density at radius 1 is 1.09 bits per heavy atom. The van der Waals surface area contributed by atoms with Crippen LogP contribution < -0.4 is 9.57 Å². The van der Waals surface area contributed by atoms with E-state index in [0.717, 1.165) is 15.8 Å². The molecule has 0 aliphatic heterocycles. The van der Waals surface area contributed by atoms with E-state index in [4.69, 9.17) is 4.74 Å². The zero-order valence-electron chi connectivity index (χ0n) is 12.1. The SMILES string of the molecule is COc1ccc(C(C)=NNS(=O)(=O)c2ccc(Br)cc2)cc1. The van der Waals surface area contributed by atoms with Gasteiger partial charge >= 0.3 is 0 Å². The molecule has 1 N–H and O–H groups in total. The topological polar surface area (TPSA) is 67.8 Å². The maximum atomic E-state index is 12.1. The molecule has 0 aromatic heterocycles. The van der Waals surface area contributed by atoms with Crippen molar-refractivity contribution in [3.05, 3.63) is 58.6 Å². The molecule has 116 valence electrons. The van der Waals surface area contributed by atoms with Crippen LogP contribution in [0.3, 0.4) is 0 Å². The van der Waals surface area contributed by atoms with Crippen LogP contribution in [0.5, 0.6) is 5.75 Å². The summed E-state index contributed by atoms with van der Waals surface area (Å²) in [7, 11) is -2.09.